The van der Waals surface area contributed by atoms with Crippen LogP contribution in [-0.2, 0) is 4.43 Å². The zero-order chi connectivity index (χ0) is 14.2. The van der Waals surface area contributed by atoms with E-state index in [4.69, 9.17) is 4.43 Å². The molecule has 0 aromatic carbocycles. The molecule has 0 radical (unpaired) electrons. The molecular formula is C12H25NO4Si. The van der Waals surface area contributed by atoms with Crippen molar-refractivity contribution < 1.29 is 19.4 Å². The number of aliphatic hydroxyl groups is 1. The largest absolute Gasteiger partial charge is 0.465 e. The van der Waals surface area contributed by atoms with E-state index >= 15 is 0 Å². The lowest BCUT2D eigenvalue weighted by molar-refractivity contribution is -0.0882. The minimum Gasteiger partial charge on any atom is -0.465 e. The van der Waals surface area contributed by atoms with Crippen LogP contribution in [0.1, 0.15) is 33.6 Å². The van der Waals surface area contributed by atoms with Crippen LogP contribution >= 0.6 is 0 Å². The highest BCUT2D eigenvalue weighted by atomic mass is 28.4. The minimum absolute atomic E-state index is 0.0120. The summed E-state index contributed by atoms with van der Waals surface area (Å²) < 4.78 is 6.21. The third-order valence-corrected chi connectivity index (χ3v) is 8.67. The fraction of sp³-hybridized carbons (Fsp3) is 0.917. The molecule has 1 aliphatic heterocycles. The Morgan fingerprint density at radius 3 is 2.39 bits per heavy atom. The maximum absolute atomic E-state index is 11.3. The van der Waals surface area contributed by atoms with Gasteiger partial charge in [-0.2, -0.15) is 0 Å². The van der Waals surface area contributed by atoms with E-state index in [0.717, 1.165) is 6.42 Å². The summed E-state index contributed by atoms with van der Waals surface area (Å²) in [5, 5.41) is 18.9. The second-order valence-electron chi connectivity index (χ2n) is 6.50. The van der Waals surface area contributed by atoms with Crippen LogP contribution in [0.4, 0.5) is 4.79 Å². The normalized spacial score (nSPS) is 25.6. The molecule has 1 aliphatic rings. The number of amides is 1. The van der Waals surface area contributed by atoms with Gasteiger partial charge in [-0.25, -0.2) is 4.79 Å². The summed E-state index contributed by atoms with van der Waals surface area (Å²) in [4.78, 5) is 12.5. The molecule has 0 saturated carbocycles. The highest BCUT2D eigenvalue weighted by Crippen LogP contribution is 2.42. The summed E-state index contributed by atoms with van der Waals surface area (Å²) in [5.74, 6) is 0. The molecule has 1 fully saturated rings. The van der Waals surface area contributed by atoms with Gasteiger partial charge in [0.1, 0.15) is 0 Å². The van der Waals surface area contributed by atoms with Crippen molar-refractivity contribution in [3.05, 3.63) is 0 Å². The average molecular weight is 275 g/mol. The summed E-state index contributed by atoms with van der Waals surface area (Å²) >= 11 is 0. The number of nitrogens with zero attached hydrogens (tertiary/aromatic N) is 1. The Balaban J connectivity index is 3.00. The highest BCUT2D eigenvalue weighted by Gasteiger charge is 2.51. The van der Waals surface area contributed by atoms with E-state index < -0.39 is 20.1 Å². The van der Waals surface area contributed by atoms with E-state index in [1.807, 2.05) is 0 Å². The van der Waals surface area contributed by atoms with Crippen molar-refractivity contribution in [1.29, 1.82) is 0 Å². The number of hydrogen-bond acceptors (Lipinski definition) is 3. The summed E-state index contributed by atoms with van der Waals surface area (Å²) in [6.07, 6.45) is 0.296. The molecule has 0 bridgehead atoms. The number of rotatable bonds is 3. The van der Waals surface area contributed by atoms with Crippen LogP contribution in [0.25, 0.3) is 0 Å². The van der Waals surface area contributed by atoms with Crippen molar-refractivity contribution in [2.45, 2.75) is 57.5 Å². The number of carboxylic acid groups (broad SMARTS) is 1. The van der Waals surface area contributed by atoms with Crippen LogP contribution in [0.3, 0.4) is 0 Å². The van der Waals surface area contributed by atoms with Crippen LogP contribution in [-0.4, -0.2) is 48.4 Å². The third kappa shape index (κ3) is 2.70. The first-order valence-electron chi connectivity index (χ1n) is 6.37. The van der Waals surface area contributed by atoms with Gasteiger partial charge in [0, 0.05) is 6.54 Å². The lowest BCUT2D eigenvalue weighted by Gasteiger charge is -2.46. The van der Waals surface area contributed by atoms with E-state index in [-0.39, 0.29) is 11.6 Å². The van der Waals surface area contributed by atoms with Gasteiger partial charge in [-0.3, -0.25) is 4.90 Å². The van der Waals surface area contributed by atoms with E-state index in [1.165, 1.54) is 4.90 Å². The second-order valence-corrected chi connectivity index (χ2v) is 11.2. The van der Waals surface area contributed by atoms with Crippen molar-refractivity contribution in [3.63, 3.8) is 0 Å². The summed E-state index contributed by atoms with van der Waals surface area (Å²) in [5.41, 5.74) is -1.03. The molecule has 1 heterocycles. The van der Waals surface area contributed by atoms with Gasteiger partial charge >= 0.3 is 6.09 Å². The zero-order valence-corrected chi connectivity index (χ0v) is 13.0. The SMILES string of the molecule is CC(C)(C)[Si](C)(C)OC1(CO)CCCN1C(=O)O. The predicted molar refractivity (Wildman–Crippen MR) is 72.1 cm³/mol. The smallest absolute Gasteiger partial charge is 0.409 e. The Labute approximate surface area is 110 Å². The van der Waals surface area contributed by atoms with Crippen molar-refractivity contribution >= 4 is 14.4 Å². The molecule has 1 rings (SSSR count). The molecule has 0 aromatic heterocycles. The molecule has 1 saturated heterocycles. The van der Waals surface area contributed by atoms with Crippen LogP contribution in [0, 0.1) is 0 Å². The lowest BCUT2D eigenvalue weighted by Crippen LogP contribution is -2.58. The van der Waals surface area contributed by atoms with Gasteiger partial charge in [-0.1, -0.05) is 20.8 Å². The first-order valence-corrected chi connectivity index (χ1v) is 9.28. The van der Waals surface area contributed by atoms with Crippen LogP contribution in [0.15, 0.2) is 0 Å². The Morgan fingerprint density at radius 2 is 2.00 bits per heavy atom. The molecule has 1 atom stereocenters. The number of likely N-dealkylation sites (tertiary alicyclic amines) is 1. The zero-order valence-electron chi connectivity index (χ0n) is 12.0. The molecule has 6 heteroatoms. The first kappa shape index (κ1) is 15.5. The van der Waals surface area contributed by atoms with Crippen LogP contribution in [0.5, 0.6) is 0 Å². The van der Waals surface area contributed by atoms with Crippen LogP contribution < -0.4 is 0 Å². The molecule has 0 aliphatic carbocycles. The fourth-order valence-corrected chi connectivity index (χ4v) is 3.59. The molecule has 1 unspecified atom stereocenters. The topological polar surface area (TPSA) is 70.0 Å². The monoisotopic (exact) mass is 275 g/mol. The van der Waals surface area contributed by atoms with E-state index in [1.54, 1.807) is 0 Å². The molecule has 2 N–H and O–H groups in total. The highest BCUT2D eigenvalue weighted by molar-refractivity contribution is 6.74. The van der Waals surface area contributed by atoms with Gasteiger partial charge < -0.3 is 14.6 Å². The maximum Gasteiger partial charge on any atom is 0.409 e. The van der Waals surface area contributed by atoms with Crippen molar-refractivity contribution in [1.82, 2.24) is 4.90 Å². The molecule has 0 aromatic rings. The Hall–Kier alpha value is -0.593. The molecular weight excluding hydrogens is 250 g/mol. The van der Waals surface area contributed by atoms with Crippen LogP contribution in [0.2, 0.25) is 18.1 Å². The average Bonchev–Trinajstić information content (AvgIpc) is 2.59. The number of carbonyl (C=O) groups is 1. The van der Waals surface area contributed by atoms with Gasteiger partial charge in [0.25, 0.3) is 0 Å². The van der Waals surface area contributed by atoms with Gasteiger partial charge in [-0.15, -0.1) is 0 Å². The molecule has 5 nitrogen and oxygen atoms in total. The Kier molecular flexibility index (Phi) is 4.15. The Bertz CT molecular complexity index is 327. The van der Waals surface area contributed by atoms with Gasteiger partial charge in [0.05, 0.1) is 6.61 Å². The van der Waals surface area contributed by atoms with Gasteiger partial charge in [0.15, 0.2) is 14.0 Å². The lowest BCUT2D eigenvalue weighted by atomic mass is 10.2. The van der Waals surface area contributed by atoms with E-state index in [2.05, 4.69) is 33.9 Å². The quantitative estimate of drug-likeness (QED) is 0.776. The van der Waals surface area contributed by atoms with Gasteiger partial charge in [0.2, 0.25) is 0 Å². The van der Waals surface area contributed by atoms with Crippen molar-refractivity contribution in [2.24, 2.45) is 0 Å². The number of hydrogen-bond donors (Lipinski definition) is 2. The van der Waals surface area contributed by atoms with E-state index in [9.17, 15) is 15.0 Å². The predicted octanol–water partition coefficient (Wildman–Crippen LogP) is 2.47. The third-order valence-electron chi connectivity index (χ3n) is 4.17. The standard InChI is InChI=1S/C12H25NO4Si/c1-11(2,3)18(4,5)17-12(9-14)7-6-8-13(12)10(15)16/h14H,6-9H2,1-5H3,(H,15,16). The second kappa shape index (κ2) is 4.83. The van der Waals surface area contributed by atoms with Crippen molar-refractivity contribution in [2.75, 3.05) is 13.2 Å². The summed E-state index contributed by atoms with van der Waals surface area (Å²) in [6, 6.07) is 0. The van der Waals surface area contributed by atoms with Gasteiger partial charge in [-0.05, 0) is 31.0 Å². The molecule has 18 heavy (non-hydrogen) atoms. The minimum atomic E-state index is -2.12. The number of aliphatic hydroxyl groups excluding tert-OH is 1. The molecule has 0 spiro atoms. The Morgan fingerprint density at radius 1 is 1.44 bits per heavy atom. The summed E-state index contributed by atoms with van der Waals surface area (Å²) in [7, 11) is -2.12. The van der Waals surface area contributed by atoms with Crippen molar-refractivity contribution in [3.8, 4) is 0 Å². The maximum atomic E-state index is 11.3. The molecule has 1 amide bonds. The van der Waals surface area contributed by atoms with E-state index in [0.29, 0.717) is 13.0 Å². The summed E-state index contributed by atoms with van der Waals surface area (Å²) in [6.45, 7) is 10.6. The molecule has 106 valence electrons. The first-order chi connectivity index (χ1) is 8.06. The fourth-order valence-electron chi connectivity index (χ4n) is 2.05.